The van der Waals surface area contributed by atoms with E-state index in [4.69, 9.17) is 10.5 Å². The van der Waals surface area contributed by atoms with Gasteiger partial charge in [-0.1, -0.05) is 15.9 Å². The maximum Gasteiger partial charge on any atom is 0.254 e. The number of methoxy groups -OCH3 is 1. The summed E-state index contributed by atoms with van der Waals surface area (Å²) in [5, 5.41) is 2.68. The van der Waals surface area contributed by atoms with E-state index in [0.717, 1.165) is 52.9 Å². The van der Waals surface area contributed by atoms with Gasteiger partial charge in [0.25, 0.3) is 5.91 Å². The number of ether oxygens (including phenoxy) is 1. The minimum Gasteiger partial charge on any atom is -0.496 e. The van der Waals surface area contributed by atoms with Crippen LogP contribution >= 0.6 is 27.7 Å². The summed E-state index contributed by atoms with van der Waals surface area (Å²) in [7, 11) is 1.66. The number of nitrogens with one attached hydrogen (secondary N) is 1. The molecule has 3 N–H and O–H groups in total. The molecule has 1 fully saturated rings. The molecule has 0 bridgehead atoms. The highest BCUT2D eigenvalue weighted by molar-refractivity contribution is 9.10. The molecule has 176 valence electrons. The van der Waals surface area contributed by atoms with E-state index in [1.54, 1.807) is 25.8 Å². The number of nitrogens with two attached hydrogens (primary N) is 1. The number of halogens is 1. The summed E-state index contributed by atoms with van der Waals surface area (Å²) in [6.07, 6.45) is 6.83. The Morgan fingerprint density at radius 3 is 2.84 bits per heavy atom. The number of allylic oxidation sites excluding steroid dienone is 1. The summed E-state index contributed by atoms with van der Waals surface area (Å²) >= 11 is 5.05. The van der Waals surface area contributed by atoms with Gasteiger partial charge in [-0.15, -0.1) is 11.8 Å². The number of carbonyl (C=O) groups is 2. The van der Waals surface area contributed by atoms with Crippen molar-refractivity contribution in [2.75, 3.05) is 33.0 Å². The molecule has 1 aliphatic heterocycles. The van der Waals surface area contributed by atoms with Crippen LogP contribution in [0.4, 0.5) is 0 Å². The van der Waals surface area contributed by atoms with Crippen molar-refractivity contribution in [3.8, 4) is 5.75 Å². The van der Waals surface area contributed by atoms with Gasteiger partial charge in [0.1, 0.15) is 5.75 Å². The molecule has 0 aliphatic carbocycles. The molecule has 0 spiro atoms. The lowest BCUT2D eigenvalue weighted by molar-refractivity contribution is -0.133. The summed E-state index contributed by atoms with van der Waals surface area (Å²) in [6, 6.07) is 5.91. The van der Waals surface area contributed by atoms with Gasteiger partial charge in [-0.25, -0.2) is 0 Å². The number of amides is 2. The number of aryl methyl sites for hydroxylation is 1. The summed E-state index contributed by atoms with van der Waals surface area (Å²) in [5.74, 6) is 0.905. The van der Waals surface area contributed by atoms with Gasteiger partial charge in [0.05, 0.1) is 7.11 Å². The number of rotatable bonds is 10. The number of benzene rings is 1. The van der Waals surface area contributed by atoms with Crippen LogP contribution in [0.2, 0.25) is 0 Å². The van der Waals surface area contributed by atoms with Gasteiger partial charge in [0.15, 0.2) is 5.96 Å². The van der Waals surface area contributed by atoms with Crippen molar-refractivity contribution >= 4 is 45.5 Å². The van der Waals surface area contributed by atoms with Gasteiger partial charge in [-0.2, -0.15) is 0 Å². The molecule has 0 radical (unpaired) electrons. The summed E-state index contributed by atoms with van der Waals surface area (Å²) in [6.45, 7) is 3.77. The molecule has 1 aromatic carbocycles. The van der Waals surface area contributed by atoms with Crippen LogP contribution in [0.3, 0.4) is 0 Å². The van der Waals surface area contributed by atoms with Crippen molar-refractivity contribution in [2.24, 2.45) is 10.7 Å². The van der Waals surface area contributed by atoms with Crippen LogP contribution in [-0.2, 0) is 16.0 Å². The van der Waals surface area contributed by atoms with E-state index in [-0.39, 0.29) is 17.8 Å². The van der Waals surface area contributed by atoms with E-state index < -0.39 is 0 Å². The van der Waals surface area contributed by atoms with Crippen LogP contribution in [0, 0.1) is 0 Å². The first-order valence-electron chi connectivity index (χ1n) is 10.8. The highest BCUT2D eigenvalue weighted by Crippen LogP contribution is 2.28. The number of guanidine groups is 1. The SMILES string of the molecule is COc1ccc(Br)cc1CC/C(SC)=C(/C)C(=O)NC(N)=NCCCN1CCCCC1=O. The van der Waals surface area contributed by atoms with E-state index >= 15 is 0 Å². The minimum absolute atomic E-state index is 0.105. The Bertz CT molecular complexity index is 873. The van der Waals surface area contributed by atoms with Crippen LogP contribution in [0.25, 0.3) is 0 Å². The van der Waals surface area contributed by atoms with E-state index in [1.807, 2.05) is 29.4 Å². The molecule has 0 saturated carbocycles. The van der Waals surface area contributed by atoms with E-state index in [2.05, 4.69) is 26.2 Å². The second kappa shape index (κ2) is 13.5. The van der Waals surface area contributed by atoms with Crippen molar-refractivity contribution in [3.05, 3.63) is 38.7 Å². The second-order valence-corrected chi connectivity index (χ2v) is 9.44. The molecule has 2 amide bonds. The number of aliphatic imine (C=N–C) groups is 1. The number of likely N-dealkylation sites (tertiary alicyclic amines) is 1. The van der Waals surface area contributed by atoms with Crippen LogP contribution in [-0.4, -0.2) is 55.7 Å². The van der Waals surface area contributed by atoms with Crippen molar-refractivity contribution in [2.45, 2.75) is 45.4 Å². The van der Waals surface area contributed by atoms with Gasteiger partial charge in [-0.05, 0) is 74.0 Å². The first-order valence-corrected chi connectivity index (χ1v) is 12.8. The molecule has 1 aliphatic rings. The maximum absolute atomic E-state index is 12.6. The topological polar surface area (TPSA) is 97.0 Å². The number of carbonyl (C=O) groups excluding carboxylic acids is 2. The lowest BCUT2D eigenvalue weighted by Gasteiger charge is -2.26. The average molecular weight is 526 g/mol. The quantitative estimate of drug-likeness (QED) is 0.209. The minimum atomic E-state index is -0.247. The van der Waals surface area contributed by atoms with Crippen molar-refractivity contribution < 1.29 is 14.3 Å². The van der Waals surface area contributed by atoms with Crippen LogP contribution < -0.4 is 15.8 Å². The Labute approximate surface area is 203 Å². The van der Waals surface area contributed by atoms with Crippen molar-refractivity contribution in [1.29, 1.82) is 0 Å². The molecule has 2 rings (SSSR count). The van der Waals surface area contributed by atoms with E-state index in [0.29, 0.717) is 31.5 Å². The molecule has 7 nitrogen and oxygen atoms in total. The summed E-state index contributed by atoms with van der Waals surface area (Å²) in [5.41, 5.74) is 7.61. The average Bonchev–Trinajstić information content (AvgIpc) is 2.78. The first kappa shape index (κ1) is 26.3. The molecule has 1 aromatic rings. The summed E-state index contributed by atoms with van der Waals surface area (Å²) < 4.78 is 6.43. The Kier molecular flexibility index (Phi) is 11.1. The molecule has 0 aromatic heterocycles. The van der Waals surface area contributed by atoms with Gasteiger partial charge < -0.3 is 15.4 Å². The highest BCUT2D eigenvalue weighted by atomic mass is 79.9. The fraction of sp³-hybridized carbons (Fsp3) is 0.522. The lowest BCUT2D eigenvalue weighted by Crippen LogP contribution is -2.38. The third-order valence-electron chi connectivity index (χ3n) is 5.40. The van der Waals surface area contributed by atoms with Gasteiger partial charge in [0.2, 0.25) is 5.91 Å². The molecule has 9 heteroatoms. The zero-order valence-corrected chi connectivity index (χ0v) is 21.5. The summed E-state index contributed by atoms with van der Waals surface area (Å²) in [4.78, 5) is 31.6. The largest absolute Gasteiger partial charge is 0.496 e. The Morgan fingerprint density at radius 1 is 1.38 bits per heavy atom. The molecule has 0 unspecified atom stereocenters. The van der Waals surface area contributed by atoms with Crippen LogP contribution in [0.1, 0.15) is 44.6 Å². The lowest BCUT2D eigenvalue weighted by atomic mass is 10.1. The van der Waals surface area contributed by atoms with Crippen LogP contribution in [0.5, 0.6) is 5.75 Å². The van der Waals surface area contributed by atoms with Crippen LogP contribution in [0.15, 0.2) is 38.1 Å². The van der Waals surface area contributed by atoms with Crippen molar-refractivity contribution in [1.82, 2.24) is 10.2 Å². The first-order chi connectivity index (χ1) is 15.3. The zero-order valence-electron chi connectivity index (χ0n) is 19.1. The van der Waals surface area contributed by atoms with Gasteiger partial charge >= 0.3 is 0 Å². The third kappa shape index (κ3) is 8.16. The normalized spacial score (nSPS) is 15.4. The Hall–Kier alpha value is -2.00. The molecular formula is C23H33BrN4O3S. The predicted octanol–water partition coefficient (Wildman–Crippen LogP) is 3.86. The maximum atomic E-state index is 12.6. The number of nitrogens with zero attached hydrogens (tertiary/aromatic N) is 2. The number of piperidine rings is 1. The molecule has 1 heterocycles. The highest BCUT2D eigenvalue weighted by Gasteiger charge is 2.17. The number of hydrogen-bond acceptors (Lipinski definition) is 5. The monoisotopic (exact) mass is 524 g/mol. The second-order valence-electron chi connectivity index (χ2n) is 7.62. The Morgan fingerprint density at radius 2 is 2.16 bits per heavy atom. The molecular weight excluding hydrogens is 492 g/mol. The van der Waals surface area contributed by atoms with E-state index in [1.165, 1.54) is 0 Å². The van der Waals surface area contributed by atoms with Gasteiger partial charge in [0, 0.05) is 36.1 Å². The van der Waals surface area contributed by atoms with Crippen molar-refractivity contribution in [3.63, 3.8) is 0 Å². The molecule has 1 saturated heterocycles. The number of hydrogen-bond donors (Lipinski definition) is 2. The number of thioether (sulfide) groups is 1. The van der Waals surface area contributed by atoms with Gasteiger partial charge in [-0.3, -0.25) is 19.9 Å². The smallest absolute Gasteiger partial charge is 0.254 e. The third-order valence-corrected chi connectivity index (χ3v) is 6.90. The Balaban J connectivity index is 1.88. The van der Waals surface area contributed by atoms with E-state index in [9.17, 15) is 9.59 Å². The molecule has 32 heavy (non-hydrogen) atoms. The predicted molar refractivity (Wildman–Crippen MR) is 135 cm³/mol. The fourth-order valence-corrected chi connectivity index (χ4v) is 4.68. The fourth-order valence-electron chi connectivity index (χ4n) is 3.57. The standard InChI is InChI=1S/C23H33BrN4O3S/c1-16(20(32-3)11-8-17-15-18(24)9-10-19(17)31-2)22(30)27-23(25)26-12-6-14-28-13-5-4-7-21(28)29/h9-10,15H,4-8,11-14H2,1-3H3,(H3,25,26,27,30)/b20-16+. The zero-order chi connectivity index (χ0) is 23.5. The molecule has 0 atom stereocenters.